The Balaban J connectivity index is 1.86. The average Bonchev–Trinajstić information content (AvgIpc) is 3.27. The third-order valence-electron chi connectivity index (χ3n) is 4.39. The molecule has 3 aromatic heterocycles. The first-order valence-corrected chi connectivity index (χ1v) is 8.30. The maximum absolute atomic E-state index is 12.5. The number of aromatic nitrogens is 3. The first-order valence-electron chi connectivity index (χ1n) is 8.30. The first kappa shape index (κ1) is 16.8. The van der Waals surface area contributed by atoms with Crippen molar-refractivity contribution in [1.29, 1.82) is 0 Å². The van der Waals surface area contributed by atoms with Crippen molar-refractivity contribution in [3.05, 3.63) is 58.7 Å². The molecule has 8 nitrogen and oxygen atoms in total. The number of hydrogen-bond donors (Lipinski definition) is 1. The summed E-state index contributed by atoms with van der Waals surface area (Å²) in [6.07, 6.45) is 3.05. The lowest BCUT2D eigenvalue weighted by Gasteiger charge is -2.09. The van der Waals surface area contributed by atoms with Crippen molar-refractivity contribution in [2.45, 2.75) is 6.92 Å². The molecular weight excluding hydrogens is 346 g/mol. The molecule has 4 aromatic rings. The SMILES string of the molecule is CC(=NC(=O)c1c[nH]n2c(=O)cc(-c3ccc4occc4c3)nc12)N(C)C. The number of furan rings is 1. The van der Waals surface area contributed by atoms with Gasteiger partial charge in [-0.2, -0.15) is 4.99 Å². The molecule has 0 spiro atoms. The third-order valence-corrected chi connectivity index (χ3v) is 4.39. The minimum absolute atomic E-state index is 0.236. The molecule has 1 N–H and O–H groups in total. The molecule has 0 aliphatic carbocycles. The summed E-state index contributed by atoms with van der Waals surface area (Å²) in [5.74, 6) is 0.0950. The zero-order valence-electron chi connectivity index (χ0n) is 15.1. The summed E-state index contributed by atoms with van der Waals surface area (Å²) in [6.45, 7) is 1.73. The van der Waals surface area contributed by atoms with Crippen LogP contribution in [0.25, 0.3) is 27.9 Å². The van der Waals surface area contributed by atoms with E-state index in [0.29, 0.717) is 11.5 Å². The van der Waals surface area contributed by atoms with Crippen LogP contribution in [0.5, 0.6) is 0 Å². The molecule has 1 aromatic carbocycles. The second-order valence-corrected chi connectivity index (χ2v) is 6.36. The summed E-state index contributed by atoms with van der Waals surface area (Å²) >= 11 is 0. The molecule has 0 saturated heterocycles. The van der Waals surface area contributed by atoms with Crippen LogP contribution in [0, 0.1) is 0 Å². The summed E-state index contributed by atoms with van der Waals surface area (Å²) in [5.41, 5.74) is 2.16. The quantitative estimate of drug-likeness (QED) is 0.436. The Morgan fingerprint density at radius 1 is 1.26 bits per heavy atom. The predicted molar refractivity (Wildman–Crippen MR) is 102 cm³/mol. The van der Waals surface area contributed by atoms with Gasteiger partial charge in [0.25, 0.3) is 11.5 Å². The van der Waals surface area contributed by atoms with Crippen LogP contribution in [0.4, 0.5) is 0 Å². The van der Waals surface area contributed by atoms with E-state index in [0.717, 1.165) is 16.5 Å². The number of fused-ring (bicyclic) bond motifs is 2. The highest BCUT2D eigenvalue weighted by Crippen LogP contribution is 2.24. The standard InChI is InChI=1S/C19H17N5O3/c1-11(23(2)3)21-19(26)14-10-20-24-17(25)9-15(22-18(14)24)12-4-5-16-13(8-12)6-7-27-16/h4-10,20H,1-3H3. The summed E-state index contributed by atoms with van der Waals surface area (Å²) in [6, 6.07) is 8.80. The van der Waals surface area contributed by atoms with Crippen LogP contribution < -0.4 is 5.56 Å². The van der Waals surface area contributed by atoms with Gasteiger partial charge in [-0.25, -0.2) is 9.50 Å². The number of hydrogen-bond acceptors (Lipinski definition) is 4. The number of aromatic amines is 1. The van der Waals surface area contributed by atoms with Gasteiger partial charge in [-0.3, -0.25) is 14.7 Å². The molecule has 0 atom stereocenters. The van der Waals surface area contributed by atoms with E-state index in [4.69, 9.17) is 4.42 Å². The van der Waals surface area contributed by atoms with Crippen molar-refractivity contribution < 1.29 is 9.21 Å². The lowest BCUT2D eigenvalue weighted by Crippen LogP contribution is -2.20. The second kappa shape index (κ2) is 6.24. The number of carbonyl (C=O) groups is 1. The number of carbonyl (C=O) groups excluding carboxylic acids is 1. The van der Waals surface area contributed by atoms with Crippen LogP contribution >= 0.6 is 0 Å². The molecular formula is C19H17N5O3. The Morgan fingerprint density at radius 2 is 2.07 bits per heavy atom. The van der Waals surface area contributed by atoms with Gasteiger partial charge < -0.3 is 9.32 Å². The number of nitrogens with one attached hydrogen (secondary N) is 1. The number of H-pyrrole nitrogens is 1. The Labute approximate surface area is 153 Å². The zero-order chi connectivity index (χ0) is 19.1. The van der Waals surface area contributed by atoms with E-state index in [1.807, 2.05) is 24.3 Å². The van der Waals surface area contributed by atoms with E-state index in [9.17, 15) is 9.59 Å². The maximum atomic E-state index is 12.5. The van der Waals surface area contributed by atoms with Crippen molar-refractivity contribution in [3.8, 4) is 11.3 Å². The van der Waals surface area contributed by atoms with Gasteiger partial charge in [-0.1, -0.05) is 0 Å². The molecule has 4 rings (SSSR count). The predicted octanol–water partition coefficient (Wildman–Crippen LogP) is 2.56. The Kier molecular flexibility index (Phi) is 3.88. The van der Waals surface area contributed by atoms with Crippen LogP contribution in [0.3, 0.4) is 0 Å². The van der Waals surface area contributed by atoms with Crippen molar-refractivity contribution in [1.82, 2.24) is 19.5 Å². The van der Waals surface area contributed by atoms with Gasteiger partial charge in [0.05, 0.1) is 12.0 Å². The van der Waals surface area contributed by atoms with Gasteiger partial charge in [0.2, 0.25) is 0 Å². The summed E-state index contributed by atoms with van der Waals surface area (Å²) in [4.78, 5) is 35.3. The van der Waals surface area contributed by atoms with Gasteiger partial charge in [-0.15, -0.1) is 0 Å². The molecule has 0 aliphatic rings. The second-order valence-electron chi connectivity index (χ2n) is 6.36. The van der Waals surface area contributed by atoms with Crippen molar-refractivity contribution >= 4 is 28.4 Å². The van der Waals surface area contributed by atoms with E-state index in [-0.39, 0.29) is 16.8 Å². The van der Waals surface area contributed by atoms with Crippen molar-refractivity contribution in [2.24, 2.45) is 4.99 Å². The van der Waals surface area contributed by atoms with Gasteiger partial charge in [-0.05, 0) is 31.2 Å². The topological polar surface area (TPSA) is 96.0 Å². The monoisotopic (exact) mass is 363 g/mol. The van der Waals surface area contributed by atoms with Gasteiger partial charge in [0.1, 0.15) is 17.0 Å². The van der Waals surface area contributed by atoms with Crippen LogP contribution in [0.1, 0.15) is 17.3 Å². The molecule has 0 aliphatic heterocycles. The lowest BCUT2D eigenvalue weighted by atomic mass is 10.1. The fourth-order valence-electron chi connectivity index (χ4n) is 2.72. The Bertz CT molecular complexity index is 1260. The van der Waals surface area contributed by atoms with Gasteiger partial charge in [0.15, 0.2) is 5.65 Å². The summed E-state index contributed by atoms with van der Waals surface area (Å²) < 4.78 is 6.57. The highest BCUT2D eigenvalue weighted by molar-refractivity contribution is 6.06. The highest BCUT2D eigenvalue weighted by atomic mass is 16.3. The smallest absolute Gasteiger partial charge is 0.284 e. The molecule has 0 unspecified atom stereocenters. The van der Waals surface area contributed by atoms with Crippen LogP contribution in [-0.4, -0.2) is 45.3 Å². The summed E-state index contributed by atoms with van der Waals surface area (Å²) in [7, 11) is 3.60. The van der Waals surface area contributed by atoms with Gasteiger partial charge in [0, 0.05) is 37.3 Å². The van der Waals surface area contributed by atoms with Crippen molar-refractivity contribution in [2.75, 3.05) is 14.1 Å². The van der Waals surface area contributed by atoms with E-state index in [1.165, 1.54) is 16.8 Å². The number of rotatable bonds is 2. The highest BCUT2D eigenvalue weighted by Gasteiger charge is 2.16. The van der Waals surface area contributed by atoms with Gasteiger partial charge >= 0.3 is 0 Å². The number of amidine groups is 1. The molecule has 3 heterocycles. The first-order chi connectivity index (χ1) is 12.9. The molecule has 136 valence electrons. The lowest BCUT2D eigenvalue weighted by molar-refractivity contribution is 0.100. The fourth-order valence-corrected chi connectivity index (χ4v) is 2.72. The van der Waals surface area contributed by atoms with Crippen LogP contribution in [0.15, 0.2) is 57.0 Å². The molecule has 27 heavy (non-hydrogen) atoms. The molecule has 0 fully saturated rings. The molecule has 8 heteroatoms. The molecule has 0 radical (unpaired) electrons. The van der Waals surface area contributed by atoms with E-state index in [1.54, 1.807) is 32.2 Å². The van der Waals surface area contributed by atoms with E-state index < -0.39 is 5.91 Å². The molecule has 1 amide bonds. The molecule has 0 saturated carbocycles. The number of nitrogens with zero attached hydrogens (tertiary/aromatic N) is 4. The third kappa shape index (κ3) is 2.91. The Hall–Kier alpha value is -3.68. The Morgan fingerprint density at radius 3 is 2.85 bits per heavy atom. The largest absolute Gasteiger partial charge is 0.464 e. The zero-order valence-corrected chi connectivity index (χ0v) is 15.1. The van der Waals surface area contributed by atoms with Crippen LogP contribution in [0.2, 0.25) is 0 Å². The fraction of sp³-hybridized carbons (Fsp3) is 0.158. The van der Waals surface area contributed by atoms with E-state index >= 15 is 0 Å². The minimum atomic E-state index is -0.464. The normalized spacial score (nSPS) is 12.0. The number of amides is 1. The van der Waals surface area contributed by atoms with Crippen molar-refractivity contribution in [3.63, 3.8) is 0 Å². The van der Waals surface area contributed by atoms with E-state index in [2.05, 4.69) is 15.1 Å². The molecule has 0 bridgehead atoms. The number of aliphatic imine (C=N–C) groups is 1. The minimum Gasteiger partial charge on any atom is -0.464 e. The number of benzene rings is 1. The maximum Gasteiger partial charge on any atom is 0.284 e. The van der Waals surface area contributed by atoms with Crippen LogP contribution in [-0.2, 0) is 0 Å². The summed E-state index contributed by atoms with van der Waals surface area (Å²) in [5, 5.41) is 3.68. The average molecular weight is 363 g/mol.